The number of imide groups is 1. The van der Waals surface area contributed by atoms with Crippen LogP contribution in [0, 0.1) is 0 Å². The maximum atomic E-state index is 12.6. The van der Waals surface area contributed by atoms with Crippen LogP contribution < -0.4 is 19.7 Å². The van der Waals surface area contributed by atoms with Crippen LogP contribution in [-0.4, -0.2) is 29.1 Å². The molecule has 0 bridgehead atoms. The lowest BCUT2D eigenvalue weighted by Crippen LogP contribution is -2.43. The molecule has 1 atom stereocenters. The largest absolute Gasteiger partial charge is 0.493 e. The molecule has 27 heavy (non-hydrogen) atoms. The van der Waals surface area contributed by atoms with Crippen LogP contribution in [0.4, 0.5) is 10.6 Å². The van der Waals surface area contributed by atoms with Crippen LogP contribution in [-0.2, 0) is 11.2 Å². The lowest BCUT2D eigenvalue weighted by atomic mass is 9.99. The van der Waals surface area contributed by atoms with E-state index in [1.54, 1.807) is 25.1 Å². The molecule has 0 unspecified atom stereocenters. The Hall–Kier alpha value is -3.09. The van der Waals surface area contributed by atoms with Crippen molar-refractivity contribution < 1.29 is 19.1 Å². The number of nitrogens with one attached hydrogen (secondary N) is 1. The Bertz CT molecular complexity index is 914. The average Bonchev–Trinajstić information content (AvgIpc) is 2.91. The Kier molecular flexibility index (Phi) is 4.22. The van der Waals surface area contributed by atoms with Gasteiger partial charge in [0.1, 0.15) is 22.9 Å². The van der Waals surface area contributed by atoms with Gasteiger partial charge in [-0.15, -0.1) is 0 Å². The molecule has 2 aliphatic rings. The highest BCUT2D eigenvalue weighted by atomic mass is 16.5. The number of hydrogen-bond acceptors (Lipinski definition) is 5. The standard InChI is InChI=1S/C20H21N3O4/c1-3-20(2)18(24)23(19(25)22-20)16-7-4-8-17(21-16)27-14-10-9-13-6-5-11-26-15(13)12-14/h4,7-10,12H,3,5-6,11H2,1-2H3,(H,22,25)/t20-/m0/s1. The van der Waals surface area contributed by atoms with Gasteiger partial charge in [-0.3, -0.25) is 4.79 Å². The van der Waals surface area contributed by atoms with E-state index in [1.165, 1.54) is 0 Å². The molecule has 7 nitrogen and oxygen atoms in total. The first-order chi connectivity index (χ1) is 13.0. The van der Waals surface area contributed by atoms with Crippen molar-refractivity contribution in [3.8, 4) is 17.4 Å². The summed E-state index contributed by atoms with van der Waals surface area (Å²) in [5.74, 6) is 1.63. The zero-order chi connectivity index (χ0) is 19.0. The van der Waals surface area contributed by atoms with E-state index in [0.717, 1.165) is 29.1 Å². The van der Waals surface area contributed by atoms with E-state index in [1.807, 2.05) is 25.1 Å². The summed E-state index contributed by atoms with van der Waals surface area (Å²) in [4.78, 5) is 30.3. The topological polar surface area (TPSA) is 80.8 Å². The highest BCUT2D eigenvalue weighted by molar-refractivity contribution is 6.22. The molecule has 4 rings (SSSR count). The van der Waals surface area contributed by atoms with Crippen LogP contribution in [0.15, 0.2) is 36.4 Å². The van der Waals surface area contributed by atoms with Crippen molar-refractivity contribution >= 4 is 17.8 Å². The van der Waals surface area contributed by atoms with Crippen molar-refractivity contribution in [1.29, 1.82) is 0 Å². The van der Waals surface area contributed by atoms with E-state index in [2.05, 4.69) is 10.3 Å². The highest BCUT2D eigenvalue weighted by Gasteiger charge is 2.47. The van der Waals surface area contributed by atoms with Crippen molar-refractivity contribution in [3.05, 3.63) is 42.0 Å². The second kappa shape index (κ2) is 6.57. The Balaban J connectivity index is 1.58. The van der Waals surface area contributed by atoms with Gasteiger partial charge < -0.3 is 14.8 Å². The van der Waals surface area contributed by atoms with Gasteiger partial charge in [0.2, 0.25) is 5.88 Å². The molecule has 0 radical (unpaired) electrons. The number of anilines is 1. The van der Waals surface area contributed by atoms with Gasteiger partial charge in [-0.1, -0.05) is 19.1 Å². The van der Waals surface area contributed by atoms with Crippen molar-refractivity contribution in [2.24, 2.45) is 0 Å². The molecule has 0 aliphatic carbocycles. The molecule has 3 heterocycles. The molecule has 2 aliphatic heterocycles. The first kappa shape index (κ1) is 17.3. The maximum Gasteiger partial charge on any atom is 0.330 e. The van der Waals surface area contributed by atoms with Crippen molar-refractivity contribution in [1.82, 2.24) is 10.3 Å². The van der Waals surface area contributed by atoms with Gasteiger partial charge in [-0.25, -0.2) is 9.69 Å². The summed E-state index contributed by atoms with van der Waals surface area (Å²) >= 11 is 0. The lowest BCUT2D eigenvalue weighted by molar-refractivity contribution is -0.121. The molecule has 2 aromatic rings. The van der Waals surface area contributed by atoms with Gasteiger partial charge in [0.05, 0.1) is 6.61 Å². The van der Waals surface area contributed by atoms with E-state index < -0.39 is 11.6 Å². The second-order valence-corrected chi connectivity index (χ2v) is 6.91. The summed E-state index contributed by atoms with van der Waals surface area (Å²) in [5, 5.41) is 2.72. The van der Waals surface area contributed by atoms with Crippen molar-refractivity contribution in [2.75, 3.05) is 11.5 Å². The molecule has 3 amide bonds. The monoisotopic (exact) mass is 367 g/mol. The fraction of sp³-hybridized carbons (Fsp3) is 0.350. The van der Waals surface area contributed by atoms with Gasteiger partial charge in [-0.05, 0) is 43.9 Å². The number of pyridine rings is 1. The number of carbonyl (C=O) groups is 2. The third-order valence-corrected chi connectivity index (χ3v) is 5.02. The number of hydrogen-bond donors (Lipinski definition) is 1. The Morgan fingerprint density at radius 1 is 1.30 bits per heavy atom. The molecule has 1 aromatic carbocycles. The zero-order valence-electron chi connectivity index (χ0n) is 15.3. The number of aromatic nitrogens is 1. The number of benzene rings is 1. The number of ether oxygens (including phenoxy) is 2. The minimum Gasteiger partial charge on any atom is -0.493 e. The van der Waals surface area contributed by atoms with Crippen molar-refractivity contribution in [2.45, 2.75) is 38.6 Å². The van der Waals surface area contributed by atoms with Crippen LogP contribution in [0.3, 0.4) is 0 Å². The predicted molar refractivity (Wildman–Crippen MR) is 99.3 cm³/mol. The van der Waals surface area contributed by atoms with E-state index in [-0.39, 0.29) is 11.7 Å². The third-order valence-electron chi connectivity index (χ3n) is 5.02. The summed E-state index contributed by atoms with van der Waals surface area (Å²) < 4.78 is 11.5. The molecular weight excluding hydrogens is 346 g/mol. The van der Waals surface area contributed by atoms with E-state index in [4.69, 9.17) is 9.47 Å². The van der Waals surface area contributed by atoms with Crippen LogP contribution in [0.1, 0.15) is 32.3 Å². The Morgan fingerprint density at radius 3 is 2.93 bits per heavy atom. The molecule has 1 fully saturated rings. The Labute approximate surface area is 157 Å². The number of urea groups is 1. The molecular formula is C20H21N3O4. The third kappa shape index (κ3) is 3.09. The van der Waals surface area contributed by atoms with Crippen LogP contribution >= 0.6 is 0 Å². The first-order valence-electron chi connectivity index (χ1n) is 9.07. The highest BCUT2D eigenvalue weighted by Crippen LogP contribution is 2.32. The molecule has 7 heteroatoms. The summed E-state index contributed by atoms with van der Waals surface area (Å²) in [6.45, 7) is 4.26. The quantitative estimate of drug-likeness (QED) is 0.838. The van der Waals surface area contributed by atoms with Crippen LogP contribution in [0.2, 0.25) is 0 Å². The minimum absolute atomic E-state index is 0.237. The molecule has 1 aromatic heterocycles. The van der Waals surface area contributed by atoms with Crippen molar-refractivity contribution in [3.63, 3.8) is 0 Å². The fourth-order valence-corrected chi connectivity index (χ4v) is 3.22. The summed E-state index contributed by atoms with van der Waals surface area (Å²) in [6.07, 6.45) is 2.50. The molecule has 1 saturated heterocycles. The van der Waals surface area contributed by atoms with Crippen LogP contribution in [0.5, 0.6) is 17.4 Å². The summed E-state index contributed by atoms with van der Waals surface area (Å²) in [7, 11) is 0. The smallest absolute Gasteiger partial charge is 0.330 e. The minimum atomic E-state index is -0.911. The SMILES string of the molecule is CC[C@]1(C)NC(=O)N(c2cccc(Oc3ccc4c(c3)OCCC4)n2)C1=O. The van der Waals surface area contributed by atoms with E-state index in [9.17, 15) is 9.59 Å². The second-order valence-electron chi connectivity index (χ2n) is 6.91. The number of carbonyl (C=O) groups excluding carboxylic acids is 2. The average molecular weight is 367 g/mol. The van der Waals surface area contributed by atoms with Gasteiger partial charge in [-0.2, -0.15) is 4.98 Å². The summed E-state index contributed by atoms with van der Waals surface area (Å²) in [5.41, 5.74) is 0.249. The zero-order valence-corrected chi connectivity index (χ0v) is 15.3. The molecule has 0 spiro atoms. The Morgan fingerprint density at radius 2 is 2.15 bits per heavy atom. The van der Waals surface area contributed by atoms with Crippen LogP contribution in [0.25, 0.3) is 0 Å². The number of amides is 3. The fourth-order valence-electron chi connectivity index (χ4n) is 3.22. The van der Waals surface area contributed by atoms with Gasteiger partial charge in [0, 0.05) is 12.1 Å². The van der Waals surface area contributed by atoms with Gasteiger partial charge >= 0.3 is 6.03 Å². The predicted octanol–water partition coefficient (Wildman–Crippen LogP) is 3.42. The number of fused-ring (bicyclic) bond motifs is 1. The van der Waals surface area contributed by atoms with E-state index in [0.29, 0.717) is 24.7 Å². The normalized spacial score (nSPS) is 21.5. The molecule has 0 saturated carbocycles. The first-order valence-corrected chi connectivity index (χ1v) is 9.07. The molecule has 140 valence electrons. The maximum absolute atomic E-state index is 12.6. The molecule has 1 N–H and O–H groups in total. The summed E-state index contributed by atoms with van der Waals surface area (Å²) in [6, 6.07) is 10.2. The van der Waals surface area contributed by atoms with Gasteiger partial charge in [0.15, 0.2) is 0 Å². The number of aryl methyl sites for hydroxylation is 1. The lowest BCUT2D eigenvalue weighted by Gasteiger charge is -2.19. The van der Waals surface area contributed by atoms with Gasteiger partial charge in [0.25, 0.3) is 5.91 Å². The number of rotatable bonds is 4. The number of nitrogens with zero attached hydrogens (tertiary/aromatic N) is 2. The van der Waals surface area contributed by atoms with E-state index >= 15 is 0 Å².